The first-order valence-electron chi connectivity index (χ1n) is 7.77. The van der Waals surface area contributed by atoms with Gasteiger partial charge in [0.15, 0.2) is 0 Å². The van der Waals surface area contributed by atoms with Gasteiger partial charge in [0.1, 0.15) is 12.1 Å². The van der Waals surface area contributed by atoms with Crippen LogP contribution in [0.25, 0.3) is 22.0 Å². The molecule has 5 heteroatoms. The van der Waals surface area contributed by atoms with Crippen molar-refractivity contribution in [3.05, 3.63) is 42.9 Å². The summed E-state index contributed by atoms with van der Waals surface area (Å²) in [7, 11) is 0. The fourth-order valence-corrected chi connectivity index (χ4v) is 2.41. The summed E-state index contributed by atoms with van der Waals surface area (Å²) >= 11 is 0. The lowest BCUT2D eigenvalue weighted by Gasteiger charge is -2.11. The Hall–Kier alpha value is -2.69. The van der Waals surface area contributed by atoms with Crippen LogP contribution in [-0.2, 0) is 0 Å². The number of nitrogens with one attached hydrogen (secondary N) is 1. The molecule has 3 rings (SSSR count). The SMILES string of the molecule is CC(C)CCNc1ncnc2ccc(-c3ccc(O)nc3)cc12. The van der Waals surface area contributed by atoms with Crippen LogP contribution in [0.2, 0.25) is 0 Å². The van der Waals surface area contributed by atoms with Crippen molar-refractivity contribution in [3.63, 3.8) is 0 Å². The van der Waals surface area contributed by atoms with E-state index in [4.69, 9.17) is 0 Å². The second kappa shape index (κ2) is 6.60. The zero-order valence-electron chi connectivity index (χ0n) is 13.3. The third-order valence-corrected chi connectivity index (χ3v) is 3.73. The van der Waals surface area contributed by atoms with Gasteiger partial charge in [0.25, 0.3) is 0 Å². The second-order valence-corrected chi connectivity index (χ2v) is 5.97. The molecule has 1 aromatic carbocycles. The van der Waals surface area contributed by atoms with Gasteiger partial charge in [-0.3, -0.25) is 0 Å². The average molecular weight is 308 g/mol. The number of fused-ring (bicyclic) bond motifs is 1. The van der Waals surface area contributed by atoms with Gasteiger partial charge in [-0.15, -0.1) is 0 Å². The van der Waals surface area contributed by atoms with Crippen molar-refractivity contribution in [1.82, 2.24) is 15.0 Å². The molecule has 0 spiro atoms. The summed E-state index contributed by atoms with van der Waals surface area (Å²) in [5, 5.41) is 13.7. The first kappa shape index (κ1) is 15.2. The largest absolute Gasteiger partial charge is 0.493 e. The number of anilines is 1. The van der Waals surface area contributed by atoms with Crippen molar-refractivity contribution in [2.24, 2.45) is 5.92 Å². The number of nitrogens with zero attached hydrogens (tertiary/aromatic N) is 3. The molecule has 3 aromatic rings. The topological polar surface area (TPSA) is 70.9 Å². The molecule has 0 aliphatic rings. The van der Waals surface area contributed by atoms with Gasteiger partial charge in [-0.2, -0.15) is 0 Å². The molecule has 5 nitrogen and oxygen atoms in total. The lowest BCUT2D eigenvalue weighted by molar-refractivity contribution is 0.453. The molecular formula is C18H20N4O. The molecule has 118 valence electrons. The van der Waals surface area contributed by atoms with Crippen molar-refractivity contribution < 1.29 is 5.11 Å². The van der Waals surface area contributed by atoms with Gasteiger partial charge < -0.3 is 10.4 Å². The van der Waals surface area contributed by atoms with E-state index in [-0.39, 0.29) is 5.88 Å². The third-order valence-electron chi connectivity index (χ3n) is 3.73. The molecular weight excluding hydrogens is 288 g/mol. The van der Waals surface area contributed by atoms with E-state index in [1.807, 2.05) is 18.2 Å². The van der Waals surface area contributed by atoms with Gasteiger partial charge in [-0.05, 0) is 36.1 Å². The molecule has 2 aromatic heterocycles. The average Bonchev–Trinajstić information content (AvgIpc) is 2.55. The van der Waals surface area contributed by atoms with Crippen LogP contribution in [-0.4, -0.2) is 26.6 Å². The first-order chi connectivity index (χ1) is 11.1. The Kier molecular flexibility index (Phi) is 4.37. The number of aromatic nitrogens is 3. The van der Waals surface area contributed by atoms with Crippen LogP contribution < -0.4 is 5.32 Å². The summed E-state index contributed by atoms with van der Waals surface area (Å²) in [5.74, 6) is 1.52. The van der Waals surface area contributed by atoms with Gasteiger partial charge in [-0.25, -0.2) is 15.0 Å². The van der Waals surface area contributed by atoms with Crippen molar-refractivity contribution in [3.8, 4) is 17.0 Å². The lowest BCUT2D eigenvalue weighted by Crippen LogP contribution is -2.06. The maximum Gasteiger partial charge on any atom is 0.210 e. The highest BCUT2D eigenvalue weighted by Gasteiger charge is 2.07. The highest BCUT2D eigenvalue weighted by Crippen LogP contribution is 2.27. The molecule has 0 unspecified atom stereocenters. The summed E-state index contributed by atoms with van der Waals surface area (Å²) in [4.78, 5) is 12.6. The number of rotatable bonds is 5. The second-order valence-electron chi connectivity index (χ2n) is 5.97. The van der Waals surface area contributed by atoms with E-state index >= 15 is 0 Å². The van der Waals surface area contributed by atoms with E-state index in [1.54, 1.807) is 18.6 Å². The van der Waals surface area contributed by atoms with Crippen LogP contribution in [0.15, 0.2) is 42.9 Å². The predicted octanol–water partition coefficient (Wildman–Crippen LogP) is 3.86. The van der Waals surface area contributed by atoms with Gasteiger partial charge in [0.05, 0.1) is 5.52 Å². The summed E-state index contributed by atoms with van der Waals surface area (Å²) in [6.07, 6.45) is 4.33. The van der Waals surface area contributed by atoms with Crippen molar-refractivity contribution in [2.45, 2.75) is 20.3 Å². The molecule has 0 saturated carbocycles. The number of hydrogen-bond donors (Lipinski definition) is 2. The Labute approximate surface area is 135 Å². The summed E-state index contributed by atoms with van der Waals surface area (Å²) in [6.45, 7) is 5.29. The Balaban J connectivity index is 1.95. The number of aromatic hydroxyl groups is 1. The maximum absolute atomic E-state index is 9.32. The maximum atomic E-state index is 9.32. The van der Waals surface area contributed by atoms with Crippen molar-refractivity contribution >= 4 is 16.7 Å². The van der Waals surface area contributed by atoms with Crippen LogP contribution in [0.4, 0.5) is 5.82 Å². The van der Waals surface area contributed by atoms with Crippen molar-refractivity contribution in [1.29, 1.82) is 0 Å². The third kappa shape index (κ3) is 3.56. The van der Waals surface area contributed by atoms with E-state index in [0.717, 1.165) is 40.8 Å². The quantitative estimate of drug-likeness (QED) is 0.749. The standard InChI is InChI=1S/C18H20N4O/c1-12(2)7-8-19-18-15-9-13(3-5-16(15)21-11-22-18)14-4-6-17(23)20-10-14/h3-6,9-12H,7-8H2,1-2H3,(H,20,23)(H,19,21,22). The Morgan fingerprint density at radius 1 is 1.04 bits per heavy atom. The molecule has 0 amide bonds. The fraction of sp³-hybridized carbons (Fsp3) is 0.278. The fourth-order valence-electron chi connectivity index (χ4n) is 2.41. The monoisotopic (exact) mass is 308 g/mol. The molecule has 2 heterocycles. The smallest absolute Gasteiger partial charge is 0.210 e. The summed E-state index contributed by atoms with van der Waals surface area (Å²) < 4.78 is 0. The zero-order valence-corrected chi connectivity index (χ0v) is 13.3. The van der Waals surface area contributed by atoms with Gasteiger partial charge in [0.2, 0.25) is 5.88 Å². The Morgan fingerprint density at radius 3 is 2.61 bits per heavy atom. The lowest BCUT2D eigenvalue weighted by atomic mass is 10.1. The van der Waals surface area contributed by atoms with E-state index in [1.165, 1.54) is 0 Å². The Bertz CT molecular complexity index is 800. The number of pyridine rings is 1. The number of hydrogen-bond acceptors (Lipinski definition) is 5. The highest BCUT2D eigenvalue weighted by atomic mass is 16.3. The van der Waals surface area contributed by atoms with E-state index < -0.39 is 0 Å². The molecule has 0 radical (unpaired) electrons. The molecule has 0 bridgehead atoms. The van der Waals surface area contributed by atoms with Gasteiger partial charge in [0, 0.05) is 29.8 Å². The van der Waals surface area contributed by atoms with Crippen LogP contribution in [0.5, 0.6) is 5.88 Å². The Morgan fingerprint density at radius 2 is 1.87 bits per heavy atom. The molecule has 2 N–H and O–H groups in total. The minimum atomic E-state index is 0.0221. The number of benzene rings is 1. The van der Waals surface area contributed by atoms with Gasteiger partial charge in [-0.1, -0.05) is 19.9 Å². The van der Waals surface area contributed by atoms with Gasteiger partial charge >= 0.3 is 0 Å². The minimum absolute atomic E-state index is 0.0221. The van der Waals surface area contributed by atoms with Crippen LogP contribution in [0, 0.1) is 5.92 Å². The van der Waals surface area contributed by atoms with Crippen molar-refractivity contribution in [2.75, 3.05) is 11.9 Å². The molecule has 0 atom stereocenters. The van der Waals surface area contributed by atoms with Crippen LogP contribution >= 0.6 is 0 Å². The minimum Gasteiger partial charge on any atom is -0.493 e. The van der Waals surface area contributed by atoms with Crippen LogP contribution in [0.3, 0.4) is 0 Å². The zero-order chi connectivity index (χ0) is 16.2. The molecule has 0 saturated heterocycles. The normalized spacial score (nSPS) is 11.1. The summed E-state index contributed by atoms with van der Waals surface area (Å²) in [6, 6.07) is 9.47. The molecule has 0 aliphatic carbocycles. The van der Waals surface area contributed by atoms with E-state index in [9.17, 15) is 5.11 Å². The van der Waals surface area contributed by atoms with E-state index in [0.29, 0.717) is 5.92 Å². The molecule has 23 heavy (non-hydrogen) atoms. The molecule has 0 fully saturated rings. The summed E-state index contributed by atoms with van der Waals surface area (Å²) in [5.41, 5.74) is 2.87. The molecule has 0 aliphatic heterocycles. The van der Waals surface area contributed by atoms with E-state index in [2.05, 4.69) is 40.2 Å². The van der Waals surface area contributed by atoms with Crippen LogP contribution in [0.1, 0.15) is 20.3 Å². The predicted molar refractivity (Wildman–Crippen MR) is 92.4 cm³/mol. The highest BCUT2D eigenvalue weighted by molar-refractivity contribution is 5.92. The first-order valence-corrected chi connectivity index (χ1v) is 7.77.